The van der Waals surface area contributed by atoms with Gasteiger partial charge >= 0.3 is 0 Å². The molecule has 1 aromatic rings. The van der Waals surface area contributed by atoms with E-state index >= 15 is 0 Å². The van der Waals surface area contributed by atoms with Gasteiger partial charge in [0.05, 0.1) is 23.1 Å². The van der Waals surface area contributed by atoms with Crippen LogP contribution in [0.25, 0.3) is 0 Å². The largest absolute Gasteiger partial charge is 0.379 e. The van der Waals surface area contributed by atoms with Crippen LogP contribution < -0.4 is 4.90 Å². The second-order valence-electron chi connectivity index (χ2n) is 7.86. The quantitative estimate of drug-likeness (QED) is 0.633. The van der Waals surface area contributed by atoms with Crippen molar-refractivity contribution < 1.29 is 14.1 Å². The summed E-state index contributed by atoms with van der Waals surface area (Å²) in [6.45, 7) is 5.51. The normalized spacial score (nSPS) is 26.0. The van der Waals surface area contributed by atoms with Gasteiger partial charge in [0, 0.05) is 25.3 Å². The molecule has 1 amide bonds. The third-order valence-corrected chi connectivity index (χ3v) is 8.39. The summed E-state index contributed by atoms with van der Waals surface area (Å²) in [6, 6.07) is 8.02. The molecule has 3 fully saturated rings. The first kappa shape index (κ1) is 20.7. The van der Waals surface area contributed by atoms with Gasteiger partial charge in [-0.3, -0.25) is 9.69 Å². The molecule has 1 N–H and O–H groups in total. The van der Waals surface area contributed by atoms with Crippen LogP contribution in [0.1, 0.15) is 31.2 Å². The average Bonchev–Trinajstić information content (AvgIpc) is 3.42. The van der Waals surface area contributed by atoms with Crippen molar-refractivity contribution in [1.29, 1.82) is 0 Å². The molecular formula is C19H27N3O3S3. The Morgan fingerprint density at radius 2 is 1.93 bits per heavy atom. The third-order valence-electron chi connectivity index (χ3n) is 6.26. The summed E-state index contributed by atoms with van der Waals surface area (Å²) >= 11 is 9.03. The van der Waals surface area contributed by atoms with Crippen molar-refractivity contribution in [2.45, 2.75) is 37.1 Å². The molecule has 6 nitrogen and oxygen atoms in total. The first-order valence-corrected chi connectivity index (χ1v) is 12.3. The highest BCUT2D eigenvalue weighted by Crippen LogP contribution is 2.51. The minimum Gasteiger partial charge on any atom is -0.379 e. The molecular weight excluding hydrogens is 414 g/mol. The van der Waals surface area contributed by atoms with E-state index in [9.17, 15) is 9.35 Å². The molecule has 2 unspecified atom stereocenters. The number of rotatable bonds is 7. The Hall–Kier alpha value is -0.550. The van der Waals surface area contributed by atoms with Crippen LogP contribution in [0, 0.1) is 0 Å². The standard InChI is InChI=1S/C19H27N3O3S3/c23-18-17(22(26)28(24)27)5-9-21(18)16-3-1-15(2-4-16)19(6-7-19)8-10-20-11-13-25-14-12-20/h1-4,17,26H,5-14H2,(H,24,27). The zero-order chi connectivity index (χ0) is 19.7. The van der Waals surface area contributed by atoms with Gasteiger partial charge in [0.25, 0.3) is 0 Å². The summed E-state index contributed by atoms with van der Waals surface area (Å²) in [7, 11) is -1.43. The Morgan fingerprint density at radius 3 is 2.54 bits per heavy atom. The lowest BCUT2D eigenvalue weighted by Crippen LogP contribution is -2.38. The molecule has 2 aliphatic heterocycles. The van der Waals surface area contributed by atoms with E-state index in [0.29, 0.717) is 18.4 Å². The summed E-state index contributed by atoms with van der Waals surface area (Å²) in [5.74, 6) is -0.0485. The number of benzene rings is 1. The van der Waals surface area contributed by atoms with Crippen LogP contribution in [-0.2, 0) is 36.1 Å². The van der Waals surface area contributed by atoms with Crippen molar-refractivity contribution >= 4 is 45.5 Å². The molecule has 1 aliphatic carbocycles. The van der Waals surface area contributed by atoms with Gasteiger partial charge in [-0.15, -0.1) is 0 Å². The molecule has 1 saturated carbocycles. The Morgan fingerprint density at radius 1 is 1.25 bits per heavy atom. The third kappa shape index (κ3) is 4.30. The first-order valence-electron chi connectivity index (χ1n) is 9.81. The fraction of sp³-hybridized carbons (Fsp3) is 0.632. The number of thiol groups is 1. The van der Waals surface area contributed by atoms with Gasteiger partial charge in [0.1, 0.15) is 6.04 Å². The summed E-state index contributed by atoms with van der Waals surface area (Å²) in [4.78, 5) is 17.0. The van der Waals surface area contributed by atoms with E-state index in [1.807, 2.05) is 0 Å². The maximum absolute atomic E-state index is 12.7. The van der Waals surface area contributed by atoms with Crippen molar-refractivity contribution in [3.8, 4) is 0 Å². The van der Waals surface area contributed by atoms with E-state index < -0.39 is 16.0 Å². The van der Waals surface area contributed by atoms with Crippen LogP contribution in [-0.4, -0.2) is 64.5 Å². The number of hydrogen-bond acceptors (Lipinski definition) is 5. The molecule has 4 rings (SSSR count). The van der Waals surface area contributed by atoms with E-state index in [-0.39, 0.29) is 5.91 Å². The van der Waals surface area contributed by atoms with Gasteiger partial charge in [0.2, 0.25) is 5.91 Å². The number of ether oxygens (including phenoxy) is 1. The molecule has 2 saturated heterocycles. The predicted octanol–water partition coefficient (Wildman–Crippen LogP) is 2.16. The monoisotopic (exact) mass is 441 g/mol. The number of carbonyl (C=O) groups is 1. The van der Waals surface area contributed by atoms with Crippen LogP contribution >= 0.6 is 12.8 Å². The Balaban J connectivity index is 1.39. The SMILES string of the molecule is O=C1C(N(S)S(O)=S)CCN1c1ccc(C2(CCN3CCOCC3)CC2)cc1. The van der Waals surface area contributed by atoms with Crippen molar-refractivity contribution in [2.24, 2.45) is 0 Å². The van der Waals surface area contributed by atoms with Crippen molar-refractivity contribution in [1.82, 2.24) is 8.61 Å². The molecule has 9 heteroatoms. The minimum atomic E-state index is -1.43. The smallest absolute Gasteiger partial charge is 0.246 e. The number of morpholine rings is 1. The average molecular weight is 442 g/mol. The van der Waals surface area contributed by atoms with Crippen molar-refractivity contribution in [2.75, 3.05) is 44.3 Å². The topological polar surface area (TPSA) is 56.3 Å². The highest BCUT2D eigenvalue weighted by molar-refractivity contribution is 8.27. The van der Waals surface area contributed by atoms with Crippen molar-refractivity contribution in [3.63, 3.8) is 0 Å². The van der Waals surface area contributed by atoms with Gasteiger partial charge in [-0.25, -0.2) is 0 Å². The molecule has 2 atom stereocenters. The molecule has 0 bridgehead atoms. The van der Waals surface area contributed by atoms with Crippen LogP contribution in [0.2, 0.25) is 0 Å². The van der Waals surface area contributed by atoms with Crippen LogP contribution in [0.4, 0.5) is 5.69 Å². The molecule has 3 aliphatic rings. The number of anilines is 1. The maximum Gasteiger partial charge on any atom is 0.246 e. The highest BCUT2D eigenvalue weighted by Gasteiger charge is 2.44. The highest BCUT2D eigenvalue weighted by atomic mass is 32.8. The molecule has 0 aromatic heterocycles. The molecule has 28 heavy (non-hydrogen) atoms. The van der Waals surface area contributed by atoms with Crippen LogP contribution in [0.5, 0.6) is 0 Å². The van der Waals surface area contributed by atoms with Gasteiger partial charge < -0.3 is 14.2 Å². The fourth-order valence-corrected chi connectivity index (χ4v) is 5.20. The minimum absolute atomic E-state index is 0.0485. The lowest BCUT2D eigenvalue weighted by molar-refractivity contribution is -0.119. The van der Waals surface area contributed by atoms with Gasteiger partial charge in [-0.05, 0) is 66.5 Å². The second kappa shape index (κ2) is 8.67. The predicted molar refractivity (Wildman–Crippen MR) is 118 cm³/mol. The van der Waals surface area contributed by atoms with Crippen molar-refractivity contribution in [3.05, 3.63) is 29.8 Å². The molecule has 0 spiro atoms. The number of hydrogen-bond donors (Lipinski definition) is 2. The lowest BCUT2D eigenvalue weighted by atomic mass is 9.92. The zero-order valence-electron chi connectivity index (χ0n) is 15.8. The fourth-order valence-electron chi connectivity index (χ4n) is 4.26. The number of amides is 1. The second-order valence-corrected chi connectivity index (χ2v) is 10.3. The van der Waals surface area contributed by atoms with Crippen LogP contribution in [0.15, 0.2) is 24.3 Å². The number of carbonyl (C=O) groups excluding carboxylic acids is 1. The summed E-state index contributed by atoms with van der Waals surface area (Å²) in [6.07, 6.45) is 4.29. The maximum atomic E-state index is 12.7. The lowest BCUT2D eigenvalue weighted by Gasteiger charge is -2.28. The Kier molecular flexibility index (Phi) is 6.41. The van der Waals surface area contributed by atoms with E-state index in [1.165, 1.54) is 28.5 Å². The summed E-state index contributed by atoms with van der Waals surface area (Å²) in [5.41, 5.74) is 2.60. The molecule has 1 aromatic carbocycles. The van der Waals surface area contributed by atoms with Crippen LogP contribution in [0.3, 0.4) is 0 Å². The Labute approximate surface area is 179 Å². The molecule has 2 heterocycles. The Bertz CT molecular complexity index is 736. The van der Waals surface area contributed by atoms with E-state index in [0.717, 1.165) is 38.5 Å². The zero-order valence-corrected chi connectivity index (χ0v) is 18.4. The van der Waals surface area contributed by atoms with E-state index in [4.69, 9.17) is 15.9 Å². The van der Waals surface area contributed by atoms with Gasteiger partial charge in [-0.2, -0.15) is 3.71 Å². The first-order chi connectivity index (χ1) is 13.5. The number of nitrogens with zero attached hydrogens (tertiary/aromatic N) is 3. The molecule has 0 radical (unpaired) electrons. The van der Waals surface area contributed by atoms with E-state index in [2.05, 4.69) is 42.0 Å². The summed E-state index contributed by atoms with van der Waals surface area (Å²) < 4.78 is 16.3. The van der Waals surface area contributed by atoms with Gasteiger partial charge in [-0.1, -0.05) is 24.9 Å². The van der Waals surface area contributed by atoms with E-state index in [1.54, 1.807) is 4.90 Å². The van der Waals surface area contributed by atoms with Gasteiger partial charge in [0.15, 0.2) is 0 Å². The molecule has 154 valence electrons. The summed E-state index contributed by atoms with van der Waals surface area (Å²) in [5, 5.41) is 0.